The van der Waals surface area contributed by atoms with E-state index in [9.17, 15) is 4.79 Å². The zero-order valence-corrected chi connectivity index (χ0v) is 10.0. The van der Waals surface area contributed by atoms with Gasteiger partial charge in [0, 0.05) is 19.0 Å². The Morgan fingerprint density at radius 3 is 2.50 bits per heavy atom. The number of carbonyl (C=O) groups excluding carboxylic acids is 1. The molecule has 0 unspecified atom stereocenters. The maximum Gasteiger partial charge on any atom is 0.226 e. The maximum atomic E-state index is 12.3. The van der Waals surface area contributed by atoms with Crippen molar-refractivity contribution in [1.82, 2.24) is 10.2 Å². The fourth-order valence-corrected chi connectivity index (χ4v) is 3.51. The molecule has 1 amide bonds. The third-order valence-corrected chi connectivity index (χ3v) is 4.75. The molecule has 3 nitrogen and oxygen atoms in total. The summed E-state index contributed by atoms with van der Waals surface area (Å²) in [5.41, 5.74) is 0.416. The van der Waals surface area contributed by atoms with E-state index in [1.165, 1.54) is 38.5 Å². The number of nitrogens with zero attached hydrogens (tertiary/aromatic N) is 1. The van der Waals surface area contributed by atoms with E-state index in [-0.39, 0.29) is 0 Å². The van der Waals surface area contributed by atoms with E-state index in [0.29, 0.717) is 17.2 Å². The topological polar surface area (TPSA) is 32.3 Å². The first kappa shape index (κ1) is 10.6. The molecule has 0 radical (unpaired) electrons. The van der Waals surface area contributed by atoms with Gasteiger partial charge in [0.05, 0.1) is 0 Å². The molecular formula is C13H22N2O. The standard InChI is InChI=1S/C13H22N2O/c16-12(15-8-2-1-3-9-15)11-10-13(11)4-6-14-7-5-13/h11,14H,1-10H2/t11-/m1/s1. The molecule has 1 atom stereocenters. The molecule has 1 saturated carbocycles. The Bertz CT molecular complexity index is 278. The number of hydrogen-bond donors (Lipinski definition) is 1. The van der Waals surface area contributed by atoms with Crippen molar-refractivity contribution in [3.05, 3.63) is 0 Å². The SMILES string of the molecule is O=C([C@H]1CC12CCNCC2)N1CCCCC1. The van der Waals surface area contributed by atoms with Crippen LogP contribution in [-0.4, -0.2) is 37.0 Å². The third kappa shape index (κ3) is 1.75. The minimum absolute atomic E-state index is 0.382. The van der Waals surface area contributed by atoms with E-state index in [1.807, 2.05) is 0 Å². The van der Waals surface area contributed by atoms with Crippen LogP contribution in [0, 0.1) is 11.3 Å². The Morgan fingerprint density at radius 1 is 1.12 bits per heavy atom. The number of hydrogen-bond acceptors (Lipinski definition) is 2. The zero-order valence-electron chi connectivity index (χ0n) is 10.0. The van der Waals surface area contributed by atoms with Crippen LogP contribution < -0.4 is 5.32 Å². The Morgan fingerprint density at radius 2 is 1.81 bits per heavy atom. The van der Waals surface area contributed by atoms with Gasteiger partial charge in [0.15, 0.2) is 0 Å². The molecule has 3 heteroatoms. The van der Waals surface area contributed by atoms with Crippen LogP contribution in [0.1, 0.15) is 38.5 Å². The van der Waals surface area contributed by atoms with Crippen LogP contribution in [0.15, 0.2) is 0 Å². The second-order valence-electron chi connectivity index (χ2n) is 5.76. The van der Waals surface area contributed by atoms with Crippen molar-refractivity contribution in [2.45, 2.75) is 38.5 Å². The van der Waals surface area contributed by atoms with Gasteiger partial charge in [-0.1, -0.05) is 0 Å². The molecule has 0 aromatic rings. The van der Waals surface area contributed by atoms with Crippen molar-refractivity contribution in [3.8, 4) is 0 Å². The lowest BCUT2D eigenvalue weighted by molar-refractivity contribution is -0.134. The van der Waals surface area contributed by atoms with Crippen molar-refractivity contribution in [3.63, 3.8) is 0 Å². The lowest BCUT2D eigenvalue weighted by Crippen LogP contribution is -2.39. The summed E-state index contributed by atoms with van der Waals surface area (Å²) in [4.78, 5) is 14.5. The first-order valence-electron chi connectivity index (χ1n) is 6.81. The summed E-state index contributed by atoms with van der Waals surface area (Å²) < 4.78 is 0. The number of likely N-dealkylation sites (tertiary alicyclic amines) is 1. The molecule has 1 spiro atoms. The first-order chi connectivity index (χ1) is 7.82. The molecule has 1 N–H and O–H groups in total. The summed E-state index contributed by atoms with van der Waals surface area (Å²) in [6.45, 7) is 4.26. The Balaban J connectivity index is 1.60. The molecule has 3 rings (SSSR count). The van der Waals surface area contributed by atoms with Gasteiger partial charge in [-0.25, -0.2) is 0 Å². The molecular weight excluding hydrogens is 200 g/mol. The van der Waals surface area contributed by atoms with E-state index < -0.39 is 0 Å². The molecule has 1 aliphatic carbocycles. The van der Waals surface area contributed by atoms with Gasteiger partial charge in [-0.05, 0) is 57.0 Å². The highest BCUT2D eigenvalue weighted by Crippen LogP contribution is 2.59. The van der Waals surface area contributed by atoms with Gasteiger partial charge in [0.2, 0.25) is 5.91 Å². The van der Waals surface area contributed by atoms with Crippen LogP contribution in [0.25, 0.3) is 0 Å². The highest BCUT2D eigenvalue weighted by Gasteiger charge is 2.58. The second-order valence-corrected chi connectivity index (χ2v) is 5.76. The molecule has 90 valence electrons. The fraction of sp³-hybridized carbons (Fsp3) is 0.923. The van der Waals surface area contributed by atoms with Crippen LogP contribution in [0.2, 0.25) is 0 Å². The molecule has 2 heterocycles. The van der Waals surface area contributed by atoms with E-state index in [2.05, 4.69) is 10.2 Å². The summed E-state index contributed by atoms with van der Waals surface area (Å²) in [7, 11) is 0. The Kier molecular flexibility index (Phi) is 2.66. The van der Waals surface area contributed by atoms with Gasteiger partial charge in [0.1, 0.15) is 0 Å². The average molecular weight is 222 g/mol. The predicted molar refractivity (Wildman–Crippen MR) is 63.1 cm³/mol. The highest BCUT2D eigenvalue weighted by atomic mass is 16.2. The fourth-order valence-electron chi connectivity index (χ4n) is 3.51. The lowest BCUT2D eigenvalue weighted by Gasteiger charge is -2.29. The number of amides is 1. The van der Waals surface area contributed by atoms with Gasteiger partial charge in [-0.3, -0.25) is 4.79 Å². The number of piperidine rings is 2. The van der Waals surface area contributed by atoms with Crippen LogP contribution in [-0.2, 0) is 4.79 Å². The van der Waals surface area contributed by atoms with Crippen LogP contribution >= 0.6 is 0 Å². The van der Waals surface area contributed by atoms with Gasteiger partial charge in [0.25, 0.3) is 0 Å². The molecule has 0 bridgehead atoms. The number of carbonyl (C=O) groups is 1. The van der Waals surface area contributed by atoms with Gasteiger partial charge in [-0.2, -0.15) is 0 Å². The monoisotopic (exact) mass is 222 g/mol. The predicted octanol–water partition coefficient (Wildman–Crippen LogP) is 1.39. The summed E-state index contributed by atoms with van der Waals surface area (Å²) in [6.07, 6.45) is 7.35. The van der Waals surface area contributed by atoms with E-state index in [0.717, 1.165) is 26.2 Å². The normalized spacial score (nSPS) is 32.8. The largest absolute Gasteiger partial charge is 0.342 e. The molecule has 2 saturated heterocycles. The van der Waals surface area contributed by atoms with E-state index in [1.54, 1.807) is 0 Å². The second kappa shape index (κ2) is 4.02. The minimum Gasteiger partial charge on any atom is -0.342 e. The Labute approximate surface area is 97.6 Å². The summed E-state index contributed by atoms with van der Waals surface area (Å²) in [5, 5.41) is 3.39. The maximum absolute atomic E-state index is 12.3. The number of nitrogens with one attached hydrogen (secondary N) is 1. The van der Waals surface area contributed by atoms with Crippen molar-refractivity contribution in [2.24, 2.45) is 11.3 Å². The molecule has 16 heavy (non-hydrogen) atoms. The third-order valence-electron chi connectivity index (χ3n) is 4.75. The van der Waals surface area contributed by atoms with Gasteiger partial charge < -0.3 is 10.2 Å². The first-order valence-corrected chi connectivity index (χ1v) is 6.81. The zero-order chi connectivity index (χ0) is 11.0. The summed E-state index contributed by atoms with van der Waals surface area (Å²) in [6, 6.07) is 0. The summed E-state index contributed by atoms with van der Waals surface area (Å²) >= 11 is 0. The van der Waals surface area contributed by atoms with Crippen molar-refractivity contribution in [2.75, 3.05) is 26.2 Å². The van der Waals surface area contributed by atoms with Crippen LogP contribution in [0.3, 0.4) is 0 Å². The smallest absolute Gasteiger partial charge is 0.226 e. The summed E-state index contributed by atoms with van der Waals surface area (Å²) in [5.74, 6) is 0.856. The lowest BCUT2D eigenvalue weighted by atomic mass is 9.91. The average Bonchev–Trinajstić information content (AvgIpc) is 3.04. The molecule has 3 aliphatic rings. The van der Waals surface area contributed by atoms with Crippen molar-refractivity contribution in [1.29, 1.82) is 0 Å². The van der Waals surface area contributed by atoms with E-state index in [4.69, 9.17) is 0 Å². The molecule has 3 fully saturated rings. The van der Waals surface area contributed by atoms with Crippen molar-refractivity contribution < 1.29 is 4.79 Å². The Hall–Kier alpha value is -0.570. The molecule has 0 aromatic carbocycles. The minimum atomic E-state index is 0.382. The highest BCUT2D eigenvalue weighted by molar-refractivity contribution is 5.82. The molecule has 0 aromatic heterocycles. The van der Waals surface area contributed by atoms with Crippen LogP contribution in [0.5, 0.6) is 0 Å². The van der Waals surface area contributed by atoms with Gasteiger partial charge in [-0.15, -0.1) is 0 Å². The molecule has 2 aliphatic heterocycles. The quantitative estimate of drug-likeness (QED) is 0.727. The van der Waals surface area contributed by atoms with Crippen LogP contribution in [0.4, 0.5) is 0 Å². The van der Waals surface area contributed by atoms with E-state index >= 15 is 0 Å². The van der Waals surface area contributed by atoms with Gasteiger partial charge >= 0.3 is 0 Å². The number of rotatable bonds is 1. The van der Waals surface area contributed by atoms with Crippen molar-refractivity contribution >= 4 is 5.91 Å².